The van der Waals surface area contributed by atoms with E-state index in [9.17, 15) is 0 Å². The van der Waals surface area contributed by atoms with Gasteiger partial charge in [0.1, 0.15) is 0 Å². The van der Waals surface area contributed by atoms with Crippen LogP contribution >= 0.6 is 0 Å². The molecule has 3 heterocycles. The van der Waals surface area contributed by atoms with Crippen LogP contribution < -0.4 is 0 Å². The maximum absolute atomic E-state index is 4.77. The highest BCUT2D eigenvalue weighted by Crippen LogP contribution is 2.30. The van der Waals surface area contributed by atoms with Gasteiger partial charge in [-0.05, 0) is 43.3 Å². The number of fused-ring (bicyclic) bond motifs is 1. The van der Waals surface area contributed by atoms with Crippen molar-refractivity contribution in [3.63, 3.8) is 0 Å². The van der Waals surface area contributed by atoms with Gasteiger partial charge in [0.15, 0.2) is 0 Å². The van der Waals surface area contributed by atoms with Gasteiger partial charge in [-0.2, -0.15) is 0 Å². The Balaban J connectivity index is 1.91. The summed E-state index contributed by atoms with van der Waals surface area (Å²) >= 11 is 0. The van der Waals surface area contributed by atoms with Crippen LogP contribution in [0.5, 0.6) is 0 Å². The zero-order valence-corrected chi connectivity index (χ0v) is 12.8. The first-order chi connectivity index (χ1) is 11.3. The molecule has 0 radical (unpaired) electrons. The number of aromatic nitrogens is 3. The summed E-state index contributed by atoms with van der Waals surface area (Å²) in [5, 5.41) is 1.04. The normalized spacial score (nSPS) is 10.8. The van der Waals surface area contributed by atoms with E-state index in [0.717, 1.165) is 33.4 Å². The standard InChI is InChI=1S/C20H15N3/c1-14-4-2-5-15(12-14)20-17(6-3-10-22-20)19-8-7-16-13-21-11-9-18(16)23-19/h2-13H,1H3. The molecule has 0 spiro atoms. The van der Waals surface area contributed by atoms with Crippen molar-refractivity contribution in [1.82, 2.24) is 15.0 Å². The molecule has 0 aliphatic carbocycles. The number of aryl methyl sites for hydroxylation is 1. The van der Waals surface area contributed by atoms with Crippen molar-refractivity contribution in [2.24, 2.45) is 0 Å². The van der Waals surface area contributed by atoms with Crippen LogP contribution in [0.25, 0.3) is 33.4 Å². The Hall–Kier alpha value is -3.07. The van der Waals surface area contributed by atoms with Crippen molar-refractivity contribution >= 4 is 10.9 Å². The van der Waals surface area contributed by atoms with E-state index in [1.807, 2.05) is 30.6 Å². The Morgan fingerprint density at radius 2 is 1.83 bits per heavy atom. The molecule has 4 aromatic rings. The fourth-order valence-electron chi connectivity index (χ4n) is 2.75. The first kappa shape index (κ1) is 13.6. The van der Waals surface area contributed by atoms with Gasteiger partial charge in [0.05, 0.1) is 16.9 Å². The molecular formula is C20H15N3. The molecular weight excluding hydrogens is 282 g/mol. The van der Waals surface area contributed by atoms with E-state index in [0.29, 0.717) is 0 Å². The topological polar surface area (TPSA) is 38.7 Å². The van der Waals surface area contributed by atoms with Crippen LogP contribution in [0.4, 0.5) is 0 Å². The minimum atomic E-state index is 0.924. The van der Waals surface area contributed by atoms with Crippen molar-refractivity contribution in [3.8, 4) is 22.5 Å². The average Bonchev–Trinajstić information content (AvgIpc) is 2.61. The first-order valence-electron chi connectivity index (χ1n) is 7.54. The molecule has 0 saturated carbocycles. The highest BCUT2D eigenvalue weighted by molar-refractivity contribution is 5.84. The molecule has 3 heteroatoms. The number of rotatable bonds is 2. The maximum atomic E-state index is 4.77. The summed E-state index contributed by atoms with van der Waals surface area (Å²) < 4.78 is 0. The van der Waals surface area contributed by atoms with E-state index in [1.165, 1.54) is 5.56 Å². The van der Waals surface area contributed by atoms with Crippen molar-refractivity contribution in [2.45, 2.75) is 6.92 Å². The number of benzene rings is 1. The van der Waals surface area contributed by atoms with E-state index in [-0.39, 0.29) is 0 Å². The van der Waals surface area contributed by atoms with Gasteiger partial charge in [-0.15, -0.1) is 0 Å². The third kappa shape index (κ3) is 2.57. The molecule has 3 aromatic heterocycles. The fourth-order valence-corrected chi connectivity index (χ4v) is 2.75. The maximum Gasteiger partial charge on any atom is 0.0796 e. The molecule has 3 nitrogen and oxygen atoms in total. The quantitative estimate of drug-likeness (QED) is 0.540. The van der Waals surface area contributed by atoms with E-state index in [1.54, 1.807) is 6.20 Å². The first-order valence-corrected chi connectivity index (χ1v) is 7.54. The van der Waals surface area contributed by atoms with Crippen LogP contribution in [-0.4, -0.2) is 15.0 Å². The Kier molecular flexibility index (Phi) is 3.31. The lowest BCUT2D eigenvalue weighted by Crippen LogP contribution is -1.92. The van der Waals surface area contributed by atoms with Gasteiger partial charge in [0, 0.05) is 35.1 Å². The summed E-state index contributed by atoms with van der Waals surface area (Å²) in [4.78, 5) is 13.5. The van der Waals surface area contributed by atoms with E-state index in [4.69, 9.17) is 4.98 Å². The minimum absolute atomic E-state index is 0.924. The fraction of sp³-hybridized carbons (Fsp3) is 0.0500. The van der Waals surface area contributed by atoms with Crippen LogP contribution in [0.15, 0.2) is 73.2 Å². The van der Waals surface area contributed by atoms with Crippen molar-refractivity contribution in [1.29, 1.82) is 0 Å². The van der Waals surface area contributed by atoms with Crippen molar-refractivity contribution < 1.29 is 0 Å². The van der Waals surface area contributed by atoms with Crippen LogP contribution in [0.3, 0.4) is 0 Å². The lowest BCUT2D eigenvalue weighted by Gasteiger charge is -2.09. The highest BCUT2D eigenvalue weighted by Gasteiger charge is 2.10. The van der Waals surface area contributed by atoms with Gasteiger partial charge in [0.2, 0.25) is 0 Å². The van der Waals surface area contributed by atoms with Crippen molar-refractivity contribution in [2.75, 3.05) is 0 Å². The zero-order chi connectivity index (χ0) is 15.6. The predicted molar refractivity (Wildman–Crippen MR) is 92.9 cm³/mol. The molecule has 0 N–H and O–H groups in total. The molecule has 0 aliphatic rings. The molecule has 4 rings (SSSR count). The number of hydrogen-bond donors (Lipinski definition) is 0. The molecule has 0 atom stereocenters. The molecule has 110 valence electrons. The van der Waals surface area contributed by atoms with E-state index < -0.39 is 0 Å². The average molecular weight is 297 g/mol. The third-order valence-electron chi connectivity index (χ3n) is 3.86. The largest absolute Gasteiger partial charge is 0.264 e. The Morgan fingerprint density at radius 1 is 0.870 bits per heavy atom. The van der Waals surface area contributed by atoms with Gasteiger partial charge in [-0.25, -0.2) is 4.98 Å². The zero-order valence-electron chi connectivity index (χ0n) is 12.8. The van der Waals surface area contributed by atoms with Gasteiger partial charge in [0.25, 0.3) is 0 Å². The summed E-state index contributed by atoms with van der Waals surface area (Å²) in [6.45, 7) is 2.09. The van der Waals surface area contributed by atoms with Crippen LogP contribution in [0.2, 0.25) is 0 Å². The van der Waals surface area contributed by atoms with Crippen LogP contribution in [-0.2, 0) is 0 Å². The molecule has 0 bridgehead atoms. The molecule has 23 heavy (non-hydrogen) atoms. The predicted octanol–water partition coefficient (Wildman–Crippen LogP) is 4.67. The van der Waals surface area contributed by atoms with E-state index in [2.05, 4.69) is 53.3 Å². The number of nitrogens with zero attached hydrogens (tertiary/aromatic N) is 3. The van der Waals surface area contributed by atoms with Gasteiger partial charge in [-0.3, -0.25) is 9.97 Å². The SMILES string of the molecule is Cc1cccc(-c2ncccc2-c2ccc3cnccc3n2)c1. The molecule has 1 aromatic carbocycles. The summed E-state index contributed by atoms with van der Waals surface area (Å²) in [5.41, 5.74) is 6.19. The van der Waals surface area contributed by atoms with Crippen molar-refractivity contribution in [3.05, 3.63) is 78.8 Å². The summed E-state index contributed by atoms with van der Waals surface area (Å²) in [5.74, 6) is 0. The molecule has 0 fully saturated rings. The highest BCUT2D eigenvalue weighted by atomic mass is 14.7. The molecule has 0 unspecified atom stereocenters. The van der Waals surface area contributed by atoms with Gasteiger partial charge in [-0.1, -0.05) is 23.8 Å². The lowest BCUT2D eigenvalue weighted by atomic mass is 10.0. The number of hydrogen-bond acceptors (Lipinski definition) is 3. The minimum Gasteiger partial charge on any atom is -0.264 e. The van der Waals surface area contributed by atoms with Crippen LogP contribution in [0, 0.1) is 6.92 Å². The lowest BCUT2D eigenvalue weighted by molar-refractivity contribution is 1.29. The van der Waals surface area contributed by atoms with Gasteiger partial charge < -0.3 is 0 Å². The molecule has 0 amide bonds. The summed E-state index contributed by atoms with van der Waals surface area (Å²) in [6, 6.07) is 18.4. The monoisotopic (exact) mass is 297 g/mol. The second-order valence-electron chi connectivity index (χ2n) is 5.53. The van der Waals surface area contributed by atoms with Gasteiger partial charge >= 0.3 is 0 Å². The Morgan fingerprint density at radius 3 is 2.74 bits per heavy atom. The van der Waals surface area contributed by atoms with E-state index >= 15 is 0 Å². The smallest absolute Gasteiger partial charge is 0.0796 e. The second-order valence-corrected chi connectivity index (χ2v) is 5.53. The second kappa shape index (κ2) is 5.61. The molecule has 0 saturated heterocycles. The summed E-state index contributed by atoms with van der Waals surface area (Å²) in [6.07, 6.45) is 5.42. The number of pyridine rings is 3. The molecule has 0 aliphatic heterocycles. The Labute approximate surface area is 134 Å². The third-order valence-corrected chi connectivity index (χ3v) is 3.86. The Bertz CT molecular complexity index is 992. The van der Waals surface area contributed by atoms with Crippen LogP contribution in [0.1, 0.15) is 5.56 Å². The summed E-state index contributed by atoms with van der Waals surface area (Å²) in [7, 11) is 0.